The van der Waals surface area contributed by atoms with Gasteiger partial charge < -0.3 is 9.47 Å². The maximum Gasteiger partial charge on any atom is 0.231 e. The summed E-state index contributed by atoms with van der Waals surface area (Å²) in [5, 5.41) is 0. The number of ether oxygens (including phenoxy) is 2. The summed E-state index contributed by atoms with van der Waals surface area (Å²) in [7, 11) is 0. The van der Waals surface area contributed by atoms with Crippen LogP contribution in [0.25, 0.3) is 0 Å². The fourth-order valence-corrected chi connectivity index (χ4v) is 2.67. The molecule has 2 heterocycles. The highest BCUT2D eigenvalue weighted by atomic mass is 19.1. The summed E-state index contributed by atoms with van der Waals surface area (Å²) in [6.07, 6.45) is 2.94. The van der Waals surface area contributed by atoms with Crippen molar-refractivity contribution >= 4 is 11.9 Å². The van der Waals surface area contributed by atoms with Gasteiger partial charge in [-0.1, -0.05) is 6.07 Å². The Labute approximate surface area is 115 Å². The highest BCUT2D eigenvalue weighted by Gasteiger charge is 2.23. The van der Waals surface area contributed by atoms with Crippen LogP contribution in [0, 0.1) is 5.82 Å². The second-order valence-corrected chi connectivity index (χ2v) is 4.96. The van der Waals surface area contributed by atoms with E-state index in [2.05, 4.69) is 4.58 Å². The average Bonchev–Trinajstić information content (AvgIpc) is 2.91. The van der Waals surface area contributed by atoms with Gasteiger partial charge in [0.2, 0.25) is 12.5 Å². The second-order valence-electron chi connectivity index (χ2n) is 4.96. The molecule has 0 spiro atoms. The van der Waals surface area contributed by atoms with Gasteiger partial charge >= 0.3 is 0 Å². The molecule has 100 valence electrons. The molecule has 2 aromatic carbocycles. The first-order valence-electron chi connectivity index (χ1n) is 6.59. The van der Waals surface area contributed by atoms with Crippen molar-refractivity contribution in [2.75, 3.05) is 13.3 Å². The smallest absolute Gasteiger partial charge is 0.231 e. The molecular formula is C16H13FNO2+. The van der Waals surface area contributed by atoms with Gasteiger partial charge in [0.25, 0.3) is 0 Å². The van der Waals surface area contributed by atoms with Crippen LogP contribution in [0.15, 0.2) is 36.4 Å². The highest BCUT2D eigenvalue weighted by molar-refractivity contribution is 5.81. The van der Waals surface area contributed by atoms with Gasteiger partial charge in [-0.3, -0.25) is 0 Å². The van der Waals surface area contributed by atoms with Crippen molar-refractivity contribution in [3.05, 3.63) is 53.3 Å². The number of fused-ring (bicyclic) bond motifs is 2. The molecule has 0 aromatic heterocycles. The molecule has 0 bridgehead atoms. The van der Waals surface area contributed by atoms with Crippen molar-refractivity contribution in [3.8, 4) is 11.5 Å². The summed E-state index contributed by atoms with van der Waals surface area (Å²) >= 11 is 0. The van der Waals surface area contributed by atoms with Crippen LogP contribution in [0.3, 0.4) is 0 Å². The lowest BCUT2D eigenvalue weighted by molar-refractivity contribution is -0.436. The molecule has 2 aliphatic rings. The summed E-state index contributed by atoms with van der Waals surface area (Å²) in [5.74, 6) is 1.38. The first-order chi connectivity index (χ1) is 9.79. The zero-order valence-corrected chi connectivity index (χ0v) is 10.8. The predicted molar refractivity (Wildman–Crippen MR) is 72.6 cm³/mol. The second kappa shape index (κ2) is 4.34. The van der Waals surface area contributed by atoms with Crippen molar-refractivity contribution in [3.63, 3.8) is 0 Å². The van der Waals surface area contributed by atoms with E-state index in [1.807, 2.05) is 24.4 Å². The molecule has 4 heteroatoms. The summed E-state index contributed by atoms with van der Waals surface area (Å²) in [4.78, 5) is 0. The first kappa shape index (κ1) is 11.5. The van der Waals surface area contributed by atoms with Gasteiger partial charge in [-0.05, 0) is 23.8 Å². The van der Waals surface area contributed by atoms with E-state index in [0.717, 1.165) is 35.7 Å². The largest absolute Gasteiger partial charge is 0.454 e. The normalized spacial score (nSPS) is 15.8. The molecule has 3 nitrogen and oxygen atoms in total. The minimum Gasteiger partial charge on any atom is -0.454 e. The monoisotopic (exact) mass is 270 g/mol. The number of hydrogen-bond donors (Lipinski definition) is 0. The number of nitrogens with zero attached hydrogens (tertiary/aromatic N) is 1. The third kappa shape index (κ3) is 1.84. The van der Waals surface area contributed by atoms with Crippen LogP contribution in [0.4, 0.5) is 10.1 Å². The van der Waals surface area contributed by atoms with Gasteiger partial charge in [0.05, 0.1) is 0 Å². The van der Waals surface area contributed by atoms with E-state index in [4.69, 9.17) is 9.47 Å². The zero-order chi connectivity index (χ0) is 13.5. The zero-order valence-electron chi connectivity index (χ0n) is 10.8. The summed E-state index contributed by atoms with van der Waals surface area (Å²) < 4.78 is 26.2. The van der Waals surface area contributed by atoms with Crippen LogP contribution in [0.1, 0.15) is 11.1 Å². The maximum absolute atomic E-state index is 13.3. The Balaban J connectivity index is 1.78. The van der Waals surface area contributed by atoms with Crippen LogP contribution < -0.4 is 9.47 Å². The predicted octanol–water partition coefficient (Wildman–Crippen LogP) is 2.87. The van der Waals surface area contributed by atoms with E-state index in [1.54, 1.807) is 12.1 Å². The summed E-state index contributed by atoms with van der Waals surface area (Å²) in [6.45, 7) is 1.11. The molecule has 0 N–H and O–H groups in total. The molecule has 0 amide bonds. The fraction of sp³-hybridized carbons (Fsp3) is 0.188. The van der Waals surface area contributed by atoms with E-state index in [9.17, 15) is 4.39 Å². The van der Waals surface area contributed by atoms with Crippen molar-refractivity contribution in [2.24, 2.45) is 0 Å². The molecule has 0 fully saturated rings. The van der Waals surface area contributed by atoms with Crippen LogP contribution in [-0.2, 0) is 6.42 Å². The lowest BCUT2D eigenvalue weighted by Crippen LogP contribution is -2.18. The molecular weight excluding hydrogens is 257 g/mol. The van der Waals surface area contributed by atoms with Crippen LogP contribution in [-0.4, -0.2) is 24.1 Å². The van der Waals surface area contributed by atoms with Gasteiger partial charge in [0.15, 0.2) is 24.3 Å². The van der Waals surface area contributed by atoms with Gasteiger partial charge in [0, 0.05) is 24.1 Å². The third-order valence-electron chi connectivity index (χ3n) is 3.69. The van der Waals surface area contributed by atoms with E-state index < -0.39 is 0 Å². The lowest BCUT2D eigenvalue weighted by atomic mass is 10.0. The molecule has 2 aliphatic heterocycles. The lowest BCUT2D eigenvalue weighted by Gasteiger charge is -2.12. The Morgan fingerprint density at radius 2 is 1.90 bits per heavy atom. The van der Waals surface area contributed by atoms with Gasteiger partial charge in [-0.25, -0.2) is 4.39 Å². The standard InChI is InChI=1S/C16H13FNO2/c17-13-2-1-3-14(8-13)18-5-4-11-6-15-16(20-10-19-15)7-12(11)9-18/h1-3,6-9H,4-5,10H2/q+1. The van der Waals surface area contributed by atoms with Gasteiger partial charge in [0.1, 0.15) is 5.82 Å². The molecule has 0 atom stereocenters. The SMILES string of the molecule is Fc1cccc([N+]2=Cc3cc4c(cc3CC2)OCO4)c1. The fourth-order valence-electron chi connectivity index (χ4n) is 2.67. The highest BCUT2D eigenvalue weighted by Crippen LogP contribution is 2.35. The van der Waals surface area contributed by atoms with E-state index in [0.29, 0.717) is 0 Å². The summed E-state index contributed by atoms with van der Waals surface area (Å²) in [5.41, 5.74) is 3.21. The van der Waals surface area contributed by atoms with Gasteiger partial charge in [-0.15, -0.1) is 0 Å². The average molecular weight is 270 g/mol. The van der Waals surface area contributed by atoms with Crippen LogP contribution >= 0.6 is 0 Å². The Kier molecular flexibility index (Phi) is 2.49. The molecule has 2 aromatic rings. The molecule has 0 aliphatic carbocycles. The third-order valence-corrected chi connectivity index (χ3v) is 3.69. The Morgan fingerprint density at radius 3 is 2.75 bits per heavy atom. The number of benzene rings is 2. The topological polar surface area (TPSA) is 21.5 Å². The number of rotatable bonds is 1. The molecule has 20 heavy (non-hydrogen) atoms. The van der Waals surface area contributed by atoms with Crippen molar-refractivity contribution in [2.45, 2.75) is 6.42 Å². The van der Waals surface area contributed by atoms with Crippen LogP contribution in [0.5, 0.6) is 11.5 Å². The molecule has 0 radical (unpaired) electrons. The molecule has 0 saturated heterocycles. The van der Waals surface area contributed by atoms with E-state index in [-0.39, 0.29) is 12.6 Å². The number of hydrogen-bond acceptors (Lipinski definition) is 2. The molecule has 0 unspecified atom stereocenters. The Hall–Kier alpha value is -2.36. The van der Waals surface area contributed by atoms with Gasteiger partial charge in [-0.2, -0.15) is 4.58 Å². The Morgan fingerprint density at radius 1 is 1.05 bits per heavy atom. The van der Waals surface area contributed by atoms with Crippen molar-refractivity contribution in [1.82, 2.24) is 0 Å². The van der Waals surface area contributed by atoms with Crippen LogP contribution in [0.2, 0.25) is 0 Å². The molecule has 4 rings (SSSR count). The van der Waals surface area contributed by atoms with Crippen molar-refractivity contribution in [1.29, 1.82) is 0 Å². The maximum atomic E-state index is 13.3. The Bertz CT molecular complexity index is 724. The quantitative estimate of drug-likeness (QED) is 0.743. The van der Waals surface area contributed by atoms with Crippen molar-refractivity contribution < 1.29 is 18.4 Å². The number of halogens is 1. The van der Waals surface area contributed by atoms with E-state index in [1.165, 1.54) is 11.6 Å². The van der Waals surface area contributed by atoms with E-state index >= 15 is 0 Å². The minimum absolute atomic E-state index is 0.215. The summed E-state index contributed by atoms with van der Waals surface area (Å²) in [6, 6.07) is 10.7. The minimum atomic E-state index is -0.215. The first-order valence-corrected chi connectivity index (χ1v) is 6.59. The molecule has 0 saturated carbocycles.